The van der Waals surface area contributed by atoms with Crippen molar-refractivity contribution in [2.75, 3.05) is 11.6 Å². The molecule has 164 valence electrons. The number of hydrogen-bond donors (Lipinski definition) is 1. The second kappa shape index (κ2) is 8.68. The average molecular weight is 460 g/mol. The standard InChI is InChI=1S/C24H17FN4O3S/c1-33(31,32)21-11-7-17(8-12-21)23-22(15-29(28-23)20-4-2-3-18(25)13-20)24(30)27-19-9-5-16(14-26)6-10-19/h2-13,15H,1H3,(H,27,30). The highest BCUT2D eigenvalue weighted by molar-refractivity contribution is 7.90. The smallest absolute Gasteiger partial charge is 0.259 e. The summed E-state index contributed by atoms with van der Waals surface area (Å²) in [5.74, 6) is -0.921. The highest BCUT2D eigenvalue weighted by atomic mass is 32.2. The molecule has 0 spiro atoms. The van der Waals surface area contributed by atoms with Crippen molar-refractivity contribution in [1.82, 2.24) is 9.78 Å². The van der Waals surface area contributed by atoms with E-state index in [9.17, 15) is 17.6 Å². The summed E-state index contributed by atoms with van der Waals surface area (Å²) in [6.45, 7) is 0. The zero-order valence-electron chi connectivity index (χ0n) is 17.4. The highest BCUT2D eigenvalue weighted by Gasteiger charge is 2.20. The number of rotatable bonds is 5. The Balaban J connectivity index is 1.76. The number of aromatic nitrogens is 2. The first-order valence-electron chi connectivity index (χ1n) is 9.72. The van der Waals surface area contributed by atoms with E-state index >= 15 is 0 Å². The summed E-state index contributed by atoms with van der Waals surface area (Å²) in [5, 5.41) is 16.2. The lowest BCUT2D eigenvalue weighted by Crippen LogP contribution is -2.12. The van der Waals surface area contributed by atoms with Crippen LogP contribution in [0.15, 0.2) is 83.9 Å². The van der Waals surface area contributed by atoms with Gasteiger partial charge in [0.1, 0.15) is 11.5 Å². The van der Waals surface area contributed by atoms with Crippen LogP contribution in [-0.2, 0) is 9.84 Å². The van der Waals surface area contributed by atoms with Crippen molar-refractivity contribution in [3.05, 3.63) is 95.9 Å². The summed E-state index contributed by atoms with van der Waals surface area (Å²) in [6.07, 6.45) is 2.59. The molecular formula is C24H17FN4O3S. The molecule has 0 fully saturated rings. The van der Waals surface area contributed by atoms with Crippen LogP contribution >= 0.6 is 0 Å². The van der Waals surface area contributed by atoms with E-state index in [2.05, 4.69) is 10.4 Å². The minimum absolute atomic E-state index is 0.138. The van der Waals surface area contributed by atoms with E-state index in [-0.39, 0.29) is 10.5 Å². The fourth-order valence-electron chi connectivity index (χ4n) is 3.19. The van der Waals surface area contributed by atoms with Gasteiger partial charge < -0.3 is 5.32 Å². The Hall–Kier alpha value is -4.29. The molecule has 0 bridgehead atoms. The summed E-state index contributed by atoms with van der Waals surface area (Å²) >= 11 is 0. The minimum Gasteiger partial charge on any atom is -0.322 e. The van der Waals surface area contributed by atoms with E-state index in [1.807, 2.05) is 6.07 Å². The van der Waals surface area contributed by atoms with Crippen LogP contribution in [0.1, 0.15) is 15.9 Å². The van der Waals surface area contributed by atoms with Gasteiger partial charge in [-0.15, -0.1) is 0 Å². The molecule has 1 N–H and O–H groups in total. The van der Waals surface area contributed by atoms with Crippen LogP contribution < -0.4 is 5.32 Å². The first-order valence-corrected chi connectivity index (χ1v) is 11.6. The van der Waals surface area contributed by atoms with E-state index in [1.54, 1.807) is 42.5 Å². The van der Waals surface area contributed by atoms with Crippen molar-refractivity contribution in [3.8, 4) is 23.0 Å². The second-order valence-electron chi connectivity index (χ2n) is 7.26. The van der Waals surface area contributed by atoms with Crippen molar-refractivity contribution in [3.63, 3.8) is 0 Å². The topological polar surface area (TPSA) is 105 Å². The van der Waals surface area contributed by atoms with Crippen molar-refractivity contribution >= 4 is 21.4 Å². The van der Waals surface area contributed by atoms with Crippen molar-refractivity contribution in [1.29, 1.82) is 5.26 Å². The fraction of sp³-hybridized carbons (Fsp3) is 0.0417. The first-order chi connectivity index (χ1) is 15.7. The molecule has 1 aromatic heterocycles. The van der Waals surface area contributed by atoms with Gasteiger partial charge in [-0.3, -0.25) is 4.79 Å². The molecule has 0 unspecified atom stereocenters. The molecule has 4 rings (SSSR count). The van der Waals surface area contributed by atoms with E-state index in [4.69, 9.17) is 5.26 Å². The van der Waals surface area contributed by atoms with E-state index in [1.165, 1.54) is 41.2 Å². The Morgan fingerprint density at radius 1 is 1.06 bits per heavy atom. The molecule has 0 radical (unpaired) electrons. The maximum atomic E-state index is 13.7. The second-order valence-corrected chi connectivity index (χ2v) is 9.27. The summed E-state index contributed by atoms with van der Waals surface area (Å²) in [7, 11) is -3.39. The lowest BCUT2D eigenvalue weighted by molar-refractivity contribution is 0.102. The predicted molar refractivity (Wildman–Crippen MR) is 121 cm³/mol. The number of anilines is 1. The van der Waals surface area contributed by atoms with Crippen molar-refractivity contribution < 1.29 is 17.6 Å². The first kappa shape index (κ1) is 21.9. The Morgan fingerprint density at radius 2 is 1.76 bits per heavy atom. The number of carbonyl (C=O) groups is 1. The molecule has 3 aromatic carbocycles. The molecule has 0 aliphatic rings. The summed E-state index contributed by atoms with van der Waals surface area (Å²) in [5.41, 5.74) is 2.37. The molecule has 0 atom stereocenters. The lowest BCUT2D eigenvalue weighted by atomic mass is 10.1. The summed E-state index contributed by atoms with van der Waals surface area (Å²) in [6, 6.07) is 20.1. The highest BCUT2D eigenvalue weighted by Crippen LogP contribution is 2.26. The quantitative estimate of drug-likeness (QED) is 0.480. The van der Waals surface area contributed by atoms with E-state index in [0.29, 0.717) is 28.2 Å². The minimum atomic E-state index is -3.39. The third-order valence-electron chi connectivity index (χ3n) is 4.86. The molecule has 0 saturated carbocycles. The van der Waals surface area contributed by atoms with E-state index in [0.717, 1.165) is 6.26 Å². The van der Waals surface area contributed by atoms with Crippen molar-refractivity contribution in [2.45, 2.75) is 4.90 Å². The molecule has 0 aliphatic carbocycles. The molecule has 7 nitrogen and oxygen atoms in total. The van der Waals surface area contributed by atoms with Gasteiger partial charge in [0.25, 0.3) is 5.91 Å². The van der Waals surface area contributed by atoms with Crippen molar-refractivity contribution in [2.24, 2.45) is 0 Å². The number of halogens is 1. The van der Waals surface area contributed by atoms with Crippen LogP contribution in [0.4, 0.5) is 10.1 Å². The third-order valence-corrected chi connectivity index (χ3v) is 5.99. The Kier molecular flexibility index (Phi) is 5.77. The van der Waals surface area contributed by atoms with Gasteiger partial charge in [-0.05, 0) is 54.6 Å². The molecule has 33 heavy (non-hydrogen) atoms. The maximum absolute atomic E-state index is 13.7. The number of sulfone groups is 1. The lowest BCUT2D eigenvalue weighted by Gasteiger charge is -2.06. The number of hydrogen-bond acceptors (Lipinski definition) is 5. The molecule has 9 heteroatoms. The van der Waals surface area contributed by atoms with Gasteiger partial charge >= 0.3 is 0 Å². The number of nitrogens with one attached hydrogen (secondary N) is 1. The van der Waals surface area contributed by atoms with E-state index < -0.39 is 21.6 Å². The molecule has 0 saturated heterocycles. The van der Waals surface area contributed by atoms with Gasteiger partial charge in [0.2, 0.25) is 0 Å². The van der Waals surface area contributed by atoms with Gasteiger partial charge in [-0.1, -0.05) is 18.2 Å². The van der Waals surface area contributed by atoms with Crippen LogP contribution in [0.3, 0.4) is 0 Å². The number of nitrogens with zero attached hydrogens (tertiary/aromatic N) is 3. The van der Waals surface area contributed by atoms with Gasteiger partial charge in [0.15, 0.2) is 9.84 Å². The molecular weight excluding hydrogens is 443 g/mol. The molecule has 4 aromatic rings. The number of nitriles is 1. The average Bonchev–Trinajstić information content (AvgIpc) is 3.25. The zero-order valence-corrected chi connectivity index (χ0v) is 18.2. The molecule has 0 aliphatic heterocycles. The maximum Gasteiger partial charge on any atom is 0.259 e. The fourth-order valence-corrected chi connectivity index (χ4v) is 3.82. The largest absolute Gasteiger partial charge is 0.322 e. The Labute approximate surface area is 189 Å². The van der Waals surface area contributed by atoms with Crippen LogP contribution in [0.25, 0.3) is 16.9 Å². The summed E-state index contributed by atoms with van der Waals surface area (Å²) in [4.78, 5) is 13.2. The number of benzene rings is 3. The van der Waals surface area contributed by atoms with Gasteiger partial charge in [-0.25, -0.2) is 17.5 Å². The van der Waals surface area contributed by atoms with Crippen LogP contribution in [0.5, 0.6) is 0 Å². The van der Waals surface area contributed by atoms with Gasteiger partial charge in [0, 0.05) is 23.7 Å². The van der Waals surface area contributed by atoms with Gasteiger partial charge in [0.05, 0.1) is 27.8 Å². The predicted octanol–water partition coefficient (Wildman–Crippen LogP) is 4.21. The molecule has 1 amide bonds. The normalized spacial score (nSPS) is 11.1. The zero-order chi connectivity index (χ0) is 23.6. The SMILES string of the molecule is CS(=O)(=O)c1ccc(-c2nn(-c3cccc(F)c3)cc2C(=O)Nc2ccc(C#N)cc2)cc1. The monoisotopic (exact) mass is 460 g/mol. The van der Waals surface area contributed by atoms with Crippen LogP contribution in [0.2, 0.25) is 0 Å². The number of carbonyl (C=O) groups excluding carboxylic acids is 1. The molecule has 1 heterocycles. The van der Waals surface area contributed by atoms with Crippen LogP contribution in [0, 0.1) is 17.1 Å². The Morgan fingerprint density at radius 3 is 2.36 bits per heavy atom. The Bertz CT molecular complexity index is 1490. The third kappa shape index (κ3) is 4.81. The number of amides is 1. The van der Waals surface area contributed by atoms with Crippen LogP contribution in [-0.4, -0.2) is 30.4 Å². The summed E-state index contributed by atoms with van der Waals surface area (Å²) < 4.78 is 38.7. The van der Waals surface area contributed by atoms with Gasteiger partial charge in [-0.2, -0.15) is 10.4 Å².